The van der Waals surface area contributed by atoms with Crippen molar-refractivity contribution in [3.05, 3.63) is 23.6 Å². The standard InChI is InChI=1S/C19H27N3O2S/c1-5-6-7-8-9-14(2)21-22-19-20-17(13-25-19)16-11-10-15(23-3)12-18(16)24-4/h10-13H,5-9H2,1-4H3,(H,20,22)/b21-14+. The van der Waals surface area contributed by atoms with Gasteiger partial charge in [-0.15, -0.1) is 11.3 Å². The molecule has 136 valence electrons. The van der Waals surface area contributed by atoms with Gasteiger partial charge in [-0.2, -0.15) is 5.10 Å². The first-order valence-electron chi connectivity index (χ1n) is 8.65. The number of nitrogens with zero attached hydrogens (tertiary/aromatic N) is 2. The molecule has 25 heavy (non-hydrogen) atoms. The molecule has 0 radical (unpaired) electrons. The molecule has 0 aliphatic carbocycles. The molecule has 0 amide bonds. The number of hydrazone groups is 1. The summed E-state index contributed by atoms with van der Waals surface area (Å²) in [7, 11) is 3.29. The van der Waals surface area contributed by atoms with Crippen LogP contribution in [-0.2, 0) is 0 Å². The number of benzene rings is 1. The van der Waals surface area contributed by atoms with Gasteiger partial charge in [0.05, 0.1) is 19.9 Å². The summed E-state index contributed by atoms with van der Waals surface area (Å²) in [5.74, 6) is 1.50. The van der Waals surface area contributed by atoms with E-state index in [1.807, 2.05) is 23.6 Å². The number of anilines is 1. The normalized spacial score (nSPS) is 11.4. The summed E-state index contributed by atoms with van der Waals surface area (Å²) < 4.78 is 10.7. The fourth-order valence-electron chi connectivity index (χ4n) is 2.47. The fraction of sp³-hybridized carbons (Fsp3) is 0.474. The monoisotopic (exact) mass is 361 g/mol. The van der Waals surface area contributed by atoms with Crippen LogP contribution < -0.4 is 14.9 Å². The number of rotatable bonds is 10. The van der Waals surface area contributed by atoms with E-state index >= 15 is 0 Å². The molecule has 1 heterocycles. The maximum absolute atomic E-state index is 5.45. The van der Waals surface area contributed by atoms with Crippen LogP contribution in [0.1, 0.15) is 46.0 Å². The number of hydrogen-bond acceptors (Lipinski definition) is 6. The molecule has 6 heteroatoms. The summed E-state index contributed by atoms with van der Waals surface area (Å²) in [5, 5.41) is 7.21. The molecule has 0 saturated carbocycles. The Morgan fingerprint density at radius 1 is 1.20 bits per heavy atom. The zero-order valence-electron chi connectivity index (χ0n) is 15.5. The summed E-state index contributed by atoms with van der Waals surface area (Å²) in [6.07, 6.45) is 6.03. The van der Waals surface area contributed by atoms with Gasteiger partial charge in [0.2, 0.25) is 5.13 Å². The van der Waals surface area contributed by atoms with Gasteiger partial charge >= 0.3 is 0 Å². The van der Waals surface area contributed by atoms with Crippen LogP contribution in [0.4, 0.5) is 5.13 Å². The van der Waals surface area contributed by atoms with Crippen LogP contribution in [0.3, 0.4) is 0 Å². The van der Waals surface area contributed by atoms with Crippen molar-refractivity contribution in [3.8, 4) is 22.8 Å². The van der Waals surface area contributed by atoms with Crippen molar-refractivity contribution >= 4 is 22.2 Å². The number of nitrogens with one attached hydrogen (secondary N) is 1. The van der Waals surface area contributed by atoms with Crippen LogP contribution in [0.2, 0.25) is 0 Å². The van der Waals surface area contributed by atoms with E-state index in [1.165, 1.54) is 37.0 Å². The molecule has 0 atom stereocenters. The van der Waals surface area contributed by atoms with Crippen LogP contribution in [0, 0.1) is 0 Å². The van der Waals surface area contributed by atoms with Crippen LogP contribution in [0.25, 0.3) is 11.3 Å². The van der Waals surface area contributed by atoms with Crippen LogP contribution in [0.5, 0.6) is 11.5 Å². The van der Waals surface area contributed by atoms with Crippen molar-refractivity contribution in [2.75, 3.05) is 19.6 Å². The van der Waals surface area contributed by atoms with Crippen molar-refractivity contribution in [2.45, 2.75) is 46.0 Å². The minimum absolute atomic E-state index is 0.742. The van der Waals surface area contributed by atoms with Gasteiger partial charge in [-0.1, -0.05) is 26.2 Å². The Kier molecular flexibility index (Phi) is 7.73. The molecular weight excluding hydrogens is 334 g/mol. The molecule has 2 rings (SSSR count). The van der Waals surface area contributed by atoms with Gasteiger partial charge in [0.25, 0.3) is 0 Å². The van der Waals surface area contributed by atoms with Crippen molar-refractivity contribution in [1.82, 2.24) is 4.98 Å². The summed E-state index contributed by atoms with van der Waals surface area (Å²) in [6.45, 7) is 4.28. The SMILES string of the molecule is CCCCCC/C(C)=N/Nc1nc(-c2ccc(OC)cc2OC)cs1. The lowest BCUT2D eigenvalue weighted by Gasteiger charge is -2.08. The zero-order valence-corrected chi connectivity index (χ0v) is 16.3. The number of unbranched alkanes of at least 4 members (excludes halogenated alkanes) is 3. The van der Waals surface area contributed by atoms with E-state index in [0.29, 0.717) is 0 Å². The van der Waals surface area contributed by atoms with Gasteiger partial charge in [-0.05, 0) is 31.9 Å². The zero-order chi connectivity index (χ0) is 18.1. The van der Waals surface area contributed by atoms with E-state index in [1.54, 1.807) is 14.2 Å². The van der Waals surface area contributed by atoms with Crippen LogP contribution in [-0.4, -0.2) is 24.9 Å². The van der Waals surface area contributed by atoms with E-state index in [9.17, 15) is 0 Å². The Hall–Kier alpha value is -2.08. The maximum atomic E-state index is 5.45. The highest BCUT2D eigenvalue weighted by Gasteiger charge is 2.11. The molecule has 0 aliphatic heterocycles. The van der Waals surface area contributed by atoms with Crippen LogP contribution >= 0.6 is 11.3 Å². The lowest BCUT2D eigenvalue weighted by atomic mass is 10.1. The summed E-state index contributed by atoms with van der Waals surface area (Å²) in [4.78, 5) is 4.61. The number of aromatic nitrogens is 1. The first kappa shape index (κ1) is 19.2. The average molecular weight is 362 g/mol. The smallest absolute Gasteiger partial charge is 0.203 e. The van der Waals surface area contributed by atoms with Crippen LogP contribution in [0.15, 0.2) is 28.7 Å². The third-order valence-corrected chi connectivity index (χ3v) is 4.67. The molecule has 0 spiro atoms. The largest absolute Gasteiger partial charge is 0.497 e. The molecule has 0 fully saturated rings. The number of hydrogen-bond donors (Lipinski definition) is 1. The predicted octanol–water partition coefficient (Wildman–Crippen LogP) is 5.59. The van der Waals surface area contributed by atoms with E-state index in [2.05, 4.69) is 29.4 Å². The Bertz CT molecular complexity index is 698. The molecule has 0 bridgehead atoms. The lowest BCUT2D eigenvalue weighted by Crippen LogP contribution is -1.97. The lowest BCUT2D eigenvalue weighted by molar-refractivity contribution is 0.395. The van der Waals surface area contributed by atoms with Gasteiger partial charge in [-0.3, -0.25) is 5.43 Å². The molecule has 5 nitrogen and oxygen atoms in total. The second-order valence-electron chi connectivity index (χ2n) is 5.87. The summed E-state index contributed by atoms with van der Waals surface area (Å²) in [5.41, 5.74) is 5.97. The van der Waals surface area contributed by atoms with E-state index in [-0.39, 0.29) is 0 Å². The van der Waals surface area contributed by atoms with Gasteiger partial charge in [-0.25, -0.2) is 4.98 Å². The summed E-state index contributed by atoms with van der Waals surface area (Å²) >= 11 is 1.53. The Morgan fingerprint density at radius 3 is 2.76 bits per heavy atom. The molecular formula is C19H27N3O2S. The third kappa shape index (κ3) is 5.74. The maximum Gasteiger partial charge on any atom is 0.203 e. The molecule has 0 unspecified atom stereocenters. The number of methoxy groups -OCH3 is 2. The fourth-order valence-corrected chi connectivity index (χ4v) is 3.12. The predicted molar refractivity (Wildman–Crippen MR) is 106 cm³/mol. The first-order chi connectivity index (χ1) is 12.2. The van der Waals surface area contributed by atoms with Gasteiger partial charge in [0, 0.05) is 22.7 Å². The highest BCUT2D eigenvalue weighted by Crippen LogP contribution is 2.34. The second-order valence-corrected chi connectivity index (χ2v) is 6.73. The summed E-state index contributed by atoms with van der Waals surface area (Å²) in [6, 6.07) is 5.72. The molecule has 0 aliphatic rings. The molecule has 1 N–H and O–H groups in total. The quantitative estimate of drug-likeness (QED) is 0.341. The molecule has 2 aromatic rings. The number of thiazole rings is 1. The Morgan fingerprint density at radius 2 is 2.04 bits per heavy atom. The van der Waals surface area contributed by atoms with E-state index < -0.39 is 0 Å². The van der Waals surface area contributed by atoms with E-state index in [4.69, 9.17) is 9.47 Å². The molecule has 0 saturated heterocycles. The van der Waals surface area contributed by atoms with Crippen molar-refractivity contribution < 1.29 is 9.47 Å². The molecule has 1 aromatic carbocycles. The average Bonchev–Trinajstić information content (AvgIpc) is 3.11. The van der Waals surface area contributed by atoms with Gasteiger partial charge < -0.3 is 9.47 Å². The highest BCUT2D eigenvalue weighted by atomic mass is 32.1. The van der Waals surface area contributed by atoms with Gasteiger partial charge in [0.15, 0.2) is 0 Å². The highest BCUT2D eigenvalue weighted by molar-refractivity contribution is 7.14. The van der Waals surface area contributed by atoms with E-state index in [0.717, 1.165) is 40.0 Å². The molecule has 1 aromatic heterocycles. The van der Waals surface area contributed by atoms with Crippen molar-refractivity contribution in [2.24, 2.45) is 5.10 Å². The minimum Gasteiger partial charge on any atom is -0.497 e. The number of ether oxygens (including phenoxy) is 2. The third-order valence-electron chi connectivity index (χ3n) is 3.92. The van der Waals surface area contributed by atoms with Crippen molar-refractivity contribution in [1.29, 1.82) is 0 Å². The first-order valence-corrected chi connectivity index (χ1v) is 9.53. The van der Waals surface area contributed by atoms with Gasteiger partial charge in [0.1, 0.15) is 11.5 Å². The second kappa shape index (κ2) is 10.0. The Labute approximate surface area is 154 Å². The Balaban J connectivity index is 2.00. The topological polar surface area (TPSA) is 55.7 Å². The van der Waals surface area contributed by atoms with Crippen molar-refractivity contribution in [3.63, 3.8) is 0 Å². The minimum atomic E-state index is 0.742.